The van der Waals surface area contributed by atoms with Gasteiger partial charge in [0, 0.05) is 19.7 Å². The van der Waals surface area contributed by atoms with Gasteiger partial charge in [0.15, 0.2) is 11.5 Å². The molecule has 7 nitrogen and oxygen atoms in total. The van der Waals surface area contributed by atoms with Crippen LogP contribution in [-0.2, 0) is 11.3 Å². The van der Waals surface area contributed by atoms with Crippen LogP contribution in [0.2, 0.25) is 0 Å². The lowest BCUT2D eigenvalue weighted by molar-refractivity contribution is 0.0281. The van der Waals surface area contributed by atoms with E-state index in [1.165, 1.54) is 6.26 Å². The van der Waals surface area contributed by atoms with Gasteiger partial charge in [0.25, 0.3) is 0 Å². The van der Waals surface area contributed by atoms with Crippen LogP contribution in [0, 0.1) is 0 Å². The standard InChI is InChI=1S/C23H23NO6/c1-26-19-6-2-3-7-20(19)30-21-13-28-23-16(22(21)25)8-9-18-17(23)12-24(14-29-18)11-15-5-4-10-27-15/h2-3,6-9,13,15H,4-5,10-12,14H2,1H3. The Balaban J connectivity index is 1.46. The summed E-state index contributed by atoms with van der Waals surface area (Å²) in [7, 11) is 1.56. The van der Waals surface area contributed by atoms with Gasteiger partial charge in [0.05, 0.1) is 24.2 Å². The first kappa shape index (κ1) is 19.0. The highest BCUT2D eigenvalue weighted by Crippen LogP contribution is 2.34. The SMILES string of the molecule is COc1ccccc1Oc1coc2c3c(ccc2c1=O)OCN(CC1CCCO1)C3. The third kappa shape index (κ3) is 3.51. The normalized spacial score (nSPS) is 18.8. The van der Waals surface area contributed by atoms with Gasteiger partial charge in [-0.3, -0.25) is 9.69 Å². The molecule has 0 aliphatic carbocycles. The fourth-order valence-electron chi connectivity index (χ4n) is 4.02. The molecular formula is C23H23NO6. The van der Waals surface area contributed by atoms with E-state index in [0.29, 0.717) is 35.7 Å². The van der Waals surface area contributed by atoms with E-state index in [0.717, 1.165) is 37.3 Å². The third-order valence-corrected chi connectivity index (χ3v) is 5.53. The molecule has 3 aromatic rings. The Labute approximate surface area is 173 Å². The maximum atomic E-state index is 13.1. The number of ether oxygens (including phenoxy) is 4. The van der Waals surface area contributed by atoms with Crippen LogP contribution < -0.4 is 19.6 Å². The van der Waals surface area contributed by atoms with Gasteiger partial charge in [-0.15, -0.1) is 0 Å². The van der Waals surface area contributed by atoms with Crippen molar-refractivity contribution < 1.29 is 23.4 Å². The van der Waals surface area contributed by atoms with Gasteiger partial charge in [-0.05, 0) is 37.1 Å². The highest BCUT2D eigenvalue weighted by molar-refractivity contribution is 5.83. The van der Waals surface area contributed by atoms with E-state index in [1.807, 2.05) is 18.2 Å². The monoisotopic (exact) mass is 409 g/mol. The van der Waals surface area contributed by atoms with Crippen molar-refractivity contribution in [1.82, 2.24) is 4.90 Å². The molecule has 1 unspecified atom stereocenters. The predicted molar refractivity (Wildman–Crippen MR) is 110 cm³/mol. The molecule has 0 radical (unpaired) electrons. The molecule has 0 spiro atoms. The zero-order chi connectivity index (χ0) is 20.5. The molecule has 1 fully saturated rings. The summed E-state index contributed by atoms with van der Waals surface area (Å²) in [6.07, 6.45) is 3.76. The van der Waals surface area contributed by atoms with Crippen molar-refractivity contribution in [3.63, 3.8) is 0 Å². The second-order valence-corrected chi connectivity index (χ2v) is 7.52. The smallest absolute Gasteiger partial charge is 0.235 e. The summed E-state index contributed by atoms with van der Waals surface area (Å²) >= 11 is 0. The number of hydrogen-bond donors (Lipinski definition) is 0. The molecule has 1 atom stereocenters. The van der Waals surface area contributed by atoms with Crippen molar-refractivity contribution >= 4 is 11.0 Å². The van der Waals surface area contributed by atoms with Gasteiger partial charge in [-0.2, -0.15) is 0 Å². The van der Waals surface area contributed by atoms with E-state index in [4.69, 9.17) is 23.4 Å². The first-order valence-corrected chi connectivity index (χ1v) is 10.1. The van der Waals surface area contributed by atoms with Crippen molar-refractivity contribution in [2.45, 2.75) is 25.5 Å². The molecular weight excluding hydrogens is 386 g/mol. The summed E-state index contributed by atoms with van der Waals surface area (Å²) in [5, 5.41) is 0.462. The molecule has 30 heavy (non-hydrogen) atoms. The largest absolute Gasteiger partial charge is 0.493 e. The van der Waals surface area contributed by atoms with E-state index < -0.39 is 0 Å². The molecule has 0 saturated carbocycles. The molecule has 0 amide bonds. The number of rotatable bonds is 5. The molecule has 3 heterocycles. The van der Waals surface area contributed by atoms with Crippen LogP contribution in [0.5, 0.6) is 23.0 Å². The molecule has 1 aromatic heterocycles. The molecule has 156 valence electrons. The maximum absolute atomic E-state index is 13.1. The second kappa shape index (κ2) is 8.01. The molecule has 2 aliphatic rings. The third-order valence-electron chi connectivity index (χ3n) is 5.53. The first-order chi connectivity index (χ1) is 14.7. The van der Waals surface area contributed by atoms with Gasteiger partial charge >= 0.3 is 0 Å². The molecule has 0 N–H and O–H groups in total. The minimum atomic E-state index is -0.235. The van der Waals surface area contributed by atoms with Crippen molar-refractivity contribution in [1.29, 1.82) is 0 Å². The quantitative estimate of drug-likeness (QED) is 0.632. The summed E-state index contributed by atoms with van der Waals surface area (Å²) in [6, 6.07) is 10.7. The lowest BCUT2D eigenvalue weighted by Gasteiger charge is -2.30. The maximum Gasteiger partial charge on any atom is 0.235 e. The molecule has 1 saturated heterocycles. The Bertz CT molecular complexity index is 1120. The molecule has 2 aromatic carbocycles. The number of methoxy groups -OCH3 is 1. The van der Waals surface area contributed by atoms with Crippen LogP contribution in [0.1, 0.15) is 18.4 Å². The Kier molecular flexibility index (Phi) is 5.06. The van der Waals surface area contributed by atoms with Crippen LogP contribution in [0.3, 0.4) is 0 Å². The average molecular weight is 409 g/mol. The summed E-state index contributed by atoms with van der Waals surface area (Å²) in [5.74, 6) is 1.85. The highest BCUT2D eigenvalue weighted by Gasteiger charge is 2.26. The molecule has 7 heteroatoms. The Morgan fingerprint density at radius 1 is 1.13 bits per heavy atom. The lowest BCUT2D eigenvalue weighted by atomic mass is 10.1. The van der Waals surface area contributed by atoms with Gasteiger partial charge in [0.2, 0.25) is 11.2 Å². The number of fused-ring (bicyclic) bond motifs is 3. The van der Waals surface area contributed by atoms with E-state index in [-0.39, 0.29) is 17.3 Å². The number of benzene rings is 2. The minimum absolute atomic E-state index is 0.111. The Hall–Kier alpha value is -3.03. The Morgan fingerprint density at radius 3 is 2.80 bits per heavy atom. The van der Waals surface area contributed by atoms with Crippen LogP contribution in [0.4, 0.5) is 0 Å². The fraction of sp³-hybridized carbons (Fsp3) is 0.348. The molecule has 5 rings (SSSR count). The zero-order valence-corrected chi connectivity index (χ0v) is 16.8. The van der Waals surface area contributed by atoms with Crippen LogP contribution >= 0.6 is 0 Å². The first-order valence-electron chi connectivity index (χ1n) is 10.1. The van der Waals surface area contributed by atoms with E-state index in [9.17, 15) is 4.79 Å². The summed E-state index contributed by atoms with van der Waals surface area (Å²) in [5.41, 5.74) is 1.17. The van der Waals surface area contributed by atoms with Crippen LogP contribution in [0.25, 0.3) is 11.0 Å². The van der Waals surface area contributed by atoms with Gasteiger partial charge in [0.1, 0.15) is 24.3 Å². The van der Waals surface area contributed by atoms with Crippen molar-refractivity contribution in [3.8, 4) is 23.0 Å². The molecule has 0 bridgehead atoms. The summed E-state index contributed by atoms with van der Waals surface area (Å²) in [6.45, 7) is 2.76. The lowest BCUT2D eigenvalue weighted by Crippen LogP contribution is -2.37. The highest BCUT2D eigenvalue weighted by atomic mass is 16.5. The van der Waals surface area contributed by atoms with Crippen LogP contribution in [-0.4, -0.2) is 38.0 Å². The van der Waals surface area contributed by atoms with E-state index >= 15 is 0 Å². The average Bonchev–Trinajstić information content (AvgIpc) is 3.29. The van der Waals surface area contributed by atoms with Crippen molar-refractivity contribution in [2.24, 2.45) is 0 Å². The van der Waals surface area contributed by atoms with Gasteiger partial charge in [-0.1, -0.05) is 12.1 Å². The van der Waals surface area contributed by atoms with Gasteiger partial charge in [-0.25, -0.2) is 0 Å². The molecule has 2 aliphatic heterocycles. The summed E-state index contributed by atoms with van der Waals surface area (Å²) in [4.78, 5) is 15.3. The predicted octanol–water partition coefficient (Wildman–Crippen LogP) is 3.92. The topological polar surface area (TPSA) is 70.4 Å². The second-order valence-electron chi connectivity index (χ2n) is 7.52. The zero-order valence-electron chi connectivity index (χ0n) is 16.8. The van der Waals surface area contributed by atoms with E-state index in [1.54, 1.807) is 25.3 Å². The van der Waals surface area contributed by atoms with Crippen molar-refractivity contribution in [3.05, 3.63) is 58.4 Å². The van der Waals surface area contributed by atoms with Gasteiger partial charge < -0.3 is 23.4 Å². The number of hydrogen-bond acceptors (Lipinski definition) is 7. The minimum Gasteiger partial charge on any atom is -0.493 e. The number of para-hydroxylation sites is 2. The van der Waals surface area contributed by atoms with E-state index in [2.05, 4.69) is 4.90 Å². The fourth-order valence-corrected chi connectivity index (χ4v) is 4.02. The van der Waals surface area contributed by atoms with Crippen LogP contribution in [0.15, 0.2) is 51.9 Å². The van der Waals surface area contributed by atoms with Crippen molar-refractivity contribution in [2.75, 3.05) is 27.0 Å². The summed E-state index contributed by atoms with van der Waals surface area (Å²) < 4.78 is 28.6. The Morgan fingerprint density at radius 2 is 2.00 bits per heavy atom. The number of nitrogens with zero attached hydrogens (tertiary/aromatic N) is 1.